The number of benzene rings is 1. The Kier molecular flexibility index (Phi) is 5.85. The fraction of sp³-hybridized carbons (Fsp3) is 0.538. The first-order chi connectivity index (χ1) is 7.65. The summed E-state index contributed by atoms with van der Waals surface area (Å²) in [5.41, 5.74) is 1.17. The lowest BCUT2D eigenvalue weighted by Crippen LogP contribution is -2.29. The van der Waals surface area contributed by atoms with Gasteiger partial charge in [-0.2, -0.15) is 0 Å². The van der Waals surface area contributed by atoms with Gasteiger partial charge < -0.3 is 10.6 Å². The number of para-hydroxylation sites is 1. The molecule has 0 aliphatic carbocycles. The molecular weight excluding hydrogens is 264 g/mol. The molecule has 1 aromatic rings. The summed E-state index contributed by atoms with van der Waals surface area (Å²) < 4.78 is 1.13. The van der Waals surface area contributed by atoms with E-state index < -0.39 is 0 Å². The van der Waals surface area contributed by atoms with E-state index in [4.69, 9.17) is 0 Å². The van der Waals surface area contributed by atoms with Crippen LogP contribution in [0.2, 0.25) is 0 Å². The Hall–Kier alpha value is -0.540. The van der Waals surface area contributed by atoms with Gasteiger partial charge in [-0.05, 0) is 53.5 Å². The van der Waals surface area contributed by atoms with Gasteiger partial charge >= 0.3 is 0 Å². The summed E-state index contributed by atoms with van der Waals surface area (Å²) in [5, 5.41) is 6.74. The van der Waals surface area contributed by atoms with Gasteiger partial charge in [-0.15, -0.1) is 0 Å². The fourth-order valence-electron chi connectivity index (χ4n) is 1.65. The van der Waals surface area contributed by atoms with Crippen LogP contribution in [-0.2, 0) is 0 Å². The molecule has 1 unspecified atom stereocenters. The van der Waals surface area contributed by atoms with Crippen LogP contribution in [0.4, 0.5) is 5.69 Å². The summed E-state index contributed by atoms with van der Waals surface area (Å²) in [4.78, 5) is 0. The Balaban J connectivity index is 2.52. The van der Waals surface area contributed by atoms with Crippen LogP contribution in [0.3, 0.4) is 0 Å². The first-order valence-electron chi connectivity index (χ1n) is 5.78. The van der Waals surface area contributed by atoms with E-state index in [1.165, 1.54) is 5.69 Å². The number of hydrogen-bond acceptors (Lipinski definition) is 2. The quantitative estimate of drug-likeness (QED) is 0.837. The van der Waals surface area contributed by atoms with Crippen LogP contribution in [0.15, 0.2) is 28.7 Å². The predicted molar refractivity (Wildman–Crippen MR) is 74.9 cm³/mol. The van der Waals surface area contributed by atoms with Crippen LogP contribution in [0.5, 0.6) is 0 Å². The van der Waals surface area contributed by atoms with Crippen molar-refractivity contribution in [2.24, 2.45) is 11.8 Å². The number of halogens is 1. The van der Waals surface area contributed by atoms with Gasteiger partial charge in [-0.3, -0.25) is 0 Å². The van der Waals surface area contributed by atoms with Crippen LogP contribution in [0.1, 0.15) is 13.8 Å². The highest BCUT2D eigenvalue weighted by Gasteiger charge is 2.12. The fourth-order valence-corrected chi connectivity index (χ4v) is 2.08. The van der Waals surface area contributed by atoms with Crippen molar-refractivity contribution in [3.05, 3.63) is 28.7 Å². The lowest BCUT2D eigenvalue weighted by Gasteiger charge is -2.21. The number of nitrogens with one attached hydrogen (secondary N) is 2. The molecule has 0 spiro atoms. The Morgan fingerprint density at radius 1 is 1.19 bits per heavy atom. The van der Waals surface area contributed by atoms with Crippen molar-refractivity contribution < 1.29 is 0 Å². The van der Waals surface area contributed by atoms with Crippen molar-refractivity contribution in [3.63, 3.8) is 0 Å². The molecule has 90 valence electrons. The average Bonchev–Trinajstić information content (AvgIpc) is 2.26. The summed E-state index contributed by atoms with van der Waals surface area (Å²) in [7, 11) is 2.01. The highest BCUT2D eigenvalue weighted by atomic mass is 79.9. The molecule has 0 saturated carbocycles. The molecule has 1 rings (SSSR count). The lowest BCUT2D eigenvalue weighted by molar-refractivity contribution is 0.390. The van der Waals surface area contributed by atoms with Crippen molar-refractivity contribution in [2.75, 3.05) is 25.5 Å². The predicted octanol–water partition coefficient (Wildman–Crippen LogP) is 3.35. The summed E-state index contributed by atoms with van der Waals surface area (Å²) in [6.07, 6.45) is 0. The van der Waals surface area contributed by atoms with Crippen LogP contribution >= 0.6 is 15.9 Å². The minimum Gasteiger partial charge on any atom is -0.384 e. The minimum atomic E-state index is 0.650. The maximum absolute atomic E-state index is 3.54. The van der Waals surface area contributed by atoms with E-state index >= 15 is 0 Å². The van der Waals surface area contributed by atoms with Crippen molar-refractivity contribution in [3.8, 4) is 0 Å². The molecule has 0 aliphatic heterocycles. The normalized spacial score (nSPS) is 12.8. The van der Waals surface area contributed by atoms with E-state index in [0.717, 1.165) is 17.6 Å². The molecule has 0 fully saturated rings. The highest BCUT2D eigenvalue weighted by Crippen LogP contribution is 2.22. The number of rotatable bonds is 6. The molecule has 0 aromatic heterocycles. The maximum atomic E-state index is 3.54. The molecule has 3 heteroatoms. The van der Waals surface area contributed by atoms with Gasteiger partial charge in [0, 0.05) is 16.7 Å². The smallest absolute Gasteiger partial charge is 0.0484 e. The number of anilines is 1. The third-order valence-corrected chi connectivity index (χ3v) is 3.53. The second-order valence-corrected chi connectivity index (χ2v) is 5.28. The first kappa shape index (κ1) is 13.5. The monoisotopic (exact) mass is 284 g/mol. The van der Waals surface area contributed by atoms with Crippen molar-refractivity contribution >= 4 is 21.6 Å². The van der Waals surface area contributed by atoms with E-state index in [0.29, 0.717) is 11.8 Å². The molecule has 2 N–H and O–H groups in total. The second kappa shape index (κ2) is 6.92. The average molecular weight is 285 g/mol. The second-order valence-electron chi connectivity index (χ2n) is 4.42. The van der Waals surface area contributed by atoms with Gasteiger partial charge in [0.1, 0.15) is 0 Å². The van der Waals surface area contributed by atoms with Crippen LogP contribution in [0.25, 0.3) is 0 Å². The Bertz CT molecular complexity index is 313. The maximum Gasteiger partial charge on any atom is 0.0484 e. The SMILES string of the molecule is CNCC(CNc1ccccc1Br)C(C)C. The van der Waals surface area contributed by atoms with Crippen molar-refractivity contribution in [1.29, 1.82) is 0 Å². The largest absolute Gasteiger partial charge is 0.384 e. The third kappa shape index (κ3) is 4.14. The molecular formula is C13H21BrN2. The van der Waals surface area contributed by atoms with Gasteiger partial charge in [0.15, 0.2) is 0 Å². The molecule has 0 aliphatic rings. The molecule has 0 radical (unpaired) electrons. The van der Waals surface area contributed by atoms with Gasteiger partial charge in [-0.1, -0.05) is 26.0 Å². The van der Waals surface area contributed by atoms with Gasteiger partial charge in [0.25, 0.3) is 0 Å². The Morgan fingerprint density at radius 2 is 1.88 bits per heavy atom. The molecule has 16 heavy (non-hydrogen) atoms. The van der Waals surface area contributed by atoms with Crippen molar-refractivity contribution in [1.82, 2.24) is 5.32 Å². The van der Waals surface area contributed by atoms with E-state index in [1.807, 2.05) is 13.1 Å². The topological polar surface area (TPSA) is 24.1 Å². The zero-order valence-electron chi connectivity index (χ0n) is 10.3. The Labute approximate surface area is 107 Å². The zero-order valence-corrected chi connectivity index (χ0v) is 11.8. The zero-order chi connectivity index (χ0) is 12.0. The van der Waals surface area contributed by atoms with Gasteiger partial charge in [-0.25, -0.2) is 0 Å². The summed E-state index contributed by atoms with van der Waals surface area (Å²) in [6, 6.07) is 8.24. The van der Waals surface area contributed by atoms with Crippen LogP contribution < -0.4 is 10.6 Å². The lowest BCUT2D eigenvalue weighted by atomic mass is 9.96. The summed E-state index contributed by atoms with van der Waals surface area (Å²) in [6.45, 7) is 6.59. The van der Waals surface area contributed by atoms with E-state index in [1.54, 1.807) is 0 Å². The number of hydrogen-bond donors (Lipinski definition) is 2. The van der Waals surface area contributed by atoms with Gasteiger partial charge in [0.05, 0.1) is 0 Å². The van der Waals surface area contributed by atoms with E-state index in [9.17, 15) is 0 Å². The Morgan fingerprint density at radius 3 is 2.44 bits per heavy atom. The third-order valence-electron chi connectivity index (χ3n) is 2.84. The summed E-state index contributed by atoms with van der Waals surface area (Å²) >= 11 is 3.54. The molecule has 2 nitrogen and oxygen atoms in total. The molecule has 1 aromatic carbocycles. The highest BCUT2D eigenvalue weighted by molar-refractivity contribution is 9.10. The molecule has 0 bridgehead atoms. The minimum absolute atomic E-state index is 0.650. The molecule has 0 heterocycles. The van der Waals surface area contributed by atoms with E-state index in [-0.39, 0.29) is 0 Å². The van der Waals surface area contributed by atoms with Gasteiger partial charge in [0.2, 0.25) is 0 Å². The molecule has 0 saturated heterocycles. The standard InChI is InChI=1S/C13H21BrN2/c1-10(2)11(8-15-3)9-16-13-7-5-4-6-12(13)14/h4-7,10-11,15-16H,8-9H2,1-3H3. The first-order valence-corrected chi connectivity index (χ1v) is 6.57. The molecule has 1 atom stereocenters. The van der Waals surface area contributed by atoms with Crippen molar-refractivity contribution in [2.45, 2.75) is 13.8 Å². The van der Waals surface area contributed by atoms with Crippen LogP contribution in [0, 0.1) is 11.8 Å². The van der Waals surface area contributed by atoms with Crippen LogP contribution in [-0.4, -0.2) is 20.1 Å². The van der Waals surface area contributed by atoms with E-state index in [2.05, 4.69) is 58.6 Å². The molecule has 0 amide bonds. The summed E-state index contributed by atoms with van der Waals surface area (Å²) in [5.74, 6) is 1.33.